The average molecular weight is 249 g/mol. The van der Waals surface area contributed by atoms with Crippen molar-refractivity contribution in [1.82, 2.24) is 5.32 Å². The summed E-state index contributed by atoms with van der Waals surface area (Å²) >= 11 is 0. The van der Waals surface area contributed by atoms with E-state index >= 15 is 0 Å². The molecule has 5 heteroatoms. The number of benzene rings is 1. The summed E-state index contributed by atoms with van der Waals surface area (Å²) in [7, 11) is 0. The van der Waals surface area contributed by atoms with E-state index in [1.807, 2.05) is 25.1 Å². The highest BCUT2D eigenvalue weighted by atomic mass is 16.2. The van der Waals surface area contributed by atoms with E-state index in [9.17, 15) is 9.59 Å². The molecule has 0 radical (unpaired) electrons. The van der Waals surface area contributed by atoms with E-state index in [1.54, 1.807) is 6.07 Å². The first-order chi connectivity index (χ1) is 8.52. The summed E-state index contributed by atoms with van der Waals surface area (Å²) in [5.41, 5.74) is 6.97. The zero-order valence-electron chi connectivity index (χ0n) is 10.7. The zero-order valence-corrected chi connectivity index (χ0v) is 10.7. The standard InChI is InChI=1S/C13H19N3O2/c1-9(15-13(18)6-7-14)11-4-3-5-12(8-11)16-10(2)17/h3-5,8-9H,6-7,14H2,1-2H3,(H,15,18)(H,16,17). The lowest BCUT2D eigenvalue weighted by atomic mass is 10.1. The van der Waals surface area contributed by atoms with Gasteiger partial charge in [0.2, 0.25) is 11.8 Å². The minimum Gasteiger partial charge on any atom is -0.350 e. The van der Waals surface area contributed by atoms with Crippen molar-refractivity contribution >= 4 is 17.5 Å². The Labute approximate surface area is 107 Å². The van der Waals surface area contributed by atoms with Gasteiger partial charge in [-0.1, -0.05) is 12.1 Å². The quantitative estimate of drug-likeness (QED) is 0.732. The molecule has 1 unspecified atom stereocenters. The molecule has 0 heterocycles. The van der Waals surface area contributed by atoms with E-state index in [4.69, 9.17) is 5.73 Å². The summed E-state index contributed by atoms with van der Waals surface area (Å²) in [5, 5.41) is 5.55. The van der Waals surface area contributed by atoms with Crippen molar-refractivity contribution in [2.75, 3.05) is 11.9 Å². The maximum absolute atomic E-state index is 11.4. The van der Waals surface area contributed by atoms with E-state index in [2.05, 4.69) is 10.6 Å². The van der Waals surface area contributed by atoms with Crippen LogP contribution in [-0.2, 0) is 9.59 Å². The third-order valence-electron chi connectivity index (χ3n) is 2.46. The molecule has 0 saturated carbocycles. The molecular weight excluding hydrogens is 230 g/mol. The molecule has 1 atom stereocenters. The second-order valence-electron chi connectivity index (χ2n) is 4.13. The summed E-state index contributed by atoms with van der Waals surface area (Å²) in [5.74, 6) is -0.193. The average Bonchev–Trinajstić information content (AvgIpc) is 2.28. The third-order valence-corrected chi connectivity index (χ3v) is 2.46. The van der Waals surface area contributed by atoms with Gasteiger partial charge in [-0.2, -0.15) is 0 Å². The number of hydrogen-bond acceptors (Lipinski definition) is 3. The summed E-state index contributed by atoms with van der Waals surface area (Å²) in [6.45, 7) is 3.69. The Morgan fingerprint density at radius 3 is 2.72 bits per heavy atom. The van der Waals surface area contributed by atoms with Crippen molar-refractivity contribution in [1.29, 1.82) is 0 Å². The van der Waals surface area contributed by atoms with Gasteiger partial charge in [-0.3, -0.25) is 9.59 Å². The van der Waals surface area contributed by atoms with Crippen LogP contribution in [0.2, 0.25) is 0 Å². The van der Waals surface area contributed by atoms with E-state index in [-0.39, 0.29) is 17.9 Å². The van der Waals surface area contributed by atoms with Gasteiger partial charge < -0.3 is 16.4 Å². The first-order valence-electron chi connectivity index (χ1n) is 5.90. The lowest BCUT2D eigenvalue weighted by Crippen LogP contribution is -2.28. The molecule has 0 aliphatic carbocycles. The van der Waals surface area contributed by atoms with E-state index in [0.717, 1.165) is 11.3 Å². The molecule has 1 aromatic carbocycles. The van der Waals surface area contributed by atoms with Gasteiger partial charge >= 0.3 is 0 Å². The number of carbonyl (C=O) groups is 2. The summed E-state index contributed by atoms with van der Waals surface area (Å²) in [4.78, 5) is 22.4. The van der Waals surface area contributed by atoms with Gasteiger partial charge in [0.15, 0.2) is 0 Å². The Morgan fingerprint density at radius 1 is 1.39 bits per heavy atom. The fraction of sp³-hybridized carbons (Fsp3) is 0.385. The van der Waals surface area contributed by atoms with Gasteiger partial charge in [0.25, 0.3) is 0 Å². The van der Waals surface area contributed by atoms with Gasteiger partial charge in [-0.25, -0.2) is 0 Å². The van der Waals surface area contributed by atoms with Crippen LogP contribution in [0.1, 0.15) is 31.9 Å². The first-order valence-corrected chi connectivity index (χ1v) is 5.90. The normalized spacial score (nSPS) is 11.7. The Balaban J connectivity index is 2.70. The second-order valence-corrected chi connectivity index (χ2v) is 4.13. The fourth-order valence-corrected chi connectivity index (χ4v) is 1.62. The van der Waals surface area contributed by atoms with Crippen molar-refractivity contribution in [3.05, 3.63) is 29.8 Å². The topological polar surface area (TPSA) is 84.2 Å². The molecule has 4 N–H and O–H groups in total. The molecule has 2 amide bonds. The number of hydrogen-bond donors (Lipinski definition) is 3. The van der Waals surface area contributed by atoms with Crippen LogP contribution in [0.25, 0.3) is 0 Å². The second kappa shape index (κ2) is 6.76. The van der Waals surface area contributed by atoms with Crippen LogP contribution in [0.15, 0.2) is 24.3 Å². The van der Waals surface area contributed by atoms with Crippen molar-refractivity contribution < 1.29 is 9.59 Å². The number of carbonyl (C=O) groups excluding carboxylic acids is 2. The van der Waals surface area contributed by atoms with Crippen LogP contribution in [0, 0.1) is 0 Å². The SMILES string of the molecule is CC(=O)Nc1cccc(C(C)NC(=O)CCN)c1. The number of amides is 2. The molecule has 1 aromatic rings. The zero-order chi connectivity index (χ0) is 13.5. The summed E-state index contributed by atoms with van der Waals surface area (Å²) in [6.07, 6.45) is 0.315. The Bertz CT molecular complexity index is 432. The van der Waals surface area contributed by atoms with E-state index < -0.39 is 0 Å². The number of nitrogens with two attached hydrogens (primary N) is 1. The molecule has 0 aliphatic rings. The smallest absolute Gasteiger partial charge is 0.221 e. The van der Waals surface area contributed by atoms with Crippen molar-refractivity contribution in [2.45, 2.75) is 26.3 Å². The monoisotopic (exact) mass is 249 g/mol. The molecule has 1 rings (SSSR count). The molecule has 18 heavy (non-hydrogen) atoms. The van der Waals surface area contributed by atoms with Crippen LogP contribution in [0.5, 0.6) is 0 Å². The minimum absolute atomic E-state index is 0.0741. The van der Waals surface area contributed by atoms with Crippen LogP contribution in [0.4, 0.5) is 5.69 Å². The minimum atomic E-state index is -0.119. The molecular formula is C13H19N3O2. The molecule has 0 spiro atoms. The molecule has 0 aromatic heterocycles. The predicted octanol–water partition coefficient (Wildman–Crippen LogP) is 1.17. The molecule has 0 bridgehead atoms. The Hall–Kier alpha value is -1.88. The fourth-order valence-electron chi connectivity index (χ4n) is 1.62. The molecule has 5 nitrogen and oxygen atoms in total. The van der Waals surface area contributed by atoms with Crippen LogP contribution >= 0.6 is 0 Å². The molecule has 98 valence electrons. The van der Waals surface area contributed by atoms with Gasteiger partial charge in [0.1, 0.15) is 0 Å². The highest BCUT2D eigenvalue weighted by Crippen LogP contribution is 2.17. The van der Waals surface area contributed by atoms with Crippen molar-refractivity contribution in [2.24, 2.45) is 5.73 Å². The number of nitrogens with one attached hydrogen (secondary N) is 2. The van der Waals surface area contributed by atoms with Gasteiger partial charge in [0.05, 0.1) is 6.04 Å². The van der Waals surface area contributed by atoms with Crippen LogP contribution in [-0.4, -0.2) is 18.4 Å². The largest absolute Gasteiger partial charge is 0.350 e. The van der Waals surface area contributed by atoms with Crippen molar-refractivity contribution in [3.8, 4) is 0 Å². The molecule has 0 fully saturated rings. The van der Waals surface area contributed by atoms with E-state index in [0.29, 0.717) is 13.0 Å². The maximum atomic E-state index is 11.4. The highest BCUT2D eigenvalue weighted by Gasteiger charge is 2.09. The lowest BCUT2D eigenvalue weighted by Gasteiger charge is -2.15. The molecule has 0 aliphatic heterocycles. The maximum Gasteiger partial charge on any atom is 0.221 e. The van der Waals surface area contributed by atoms with Crippen molar-refractivity contribution in [3.63, 3.8) is 0 Å². The van der Waals surface area contributed by atoms with Crippen LogP contribution in [0.3, 0.4) is 0 Å². The Morgan fingerprint density at radius 2 is 2.11 bits per heavy atom. The number of anilines is 1. The Kier molecular flexibility index (Phi) is 5.32. The molecule has 0 saturated heterocycles. The summed E-state index contributed by atoms with van der Waals surface area (Å²) < 4.78 is 0. The lowest BCUT2D eigenvalue weighted by molar-refractivity contribution is -0.121. The van der Waals surface area contributed by atoms with Crippen LogP contribution < -0.4 is 16.4 Å². The van der Waals surface area contributed by atoms with Gasteiger partial charge in [0, 0.05) is 25.6 Å². The van der Waals surface area contributed by atoms with Gasteiger partial charge in [-0.05, 0) is 24.6 Å². The van der Waals surface area contributed by atoms with E-state index in [1.165, 1.54) is 6.92 Å². The summed E-state index contributed by atoms with van der Waals surface area (Å²) in [6, 6.07) is 7.27. The first kappa shape index (κ1) is 14.2. The number of rotatable bonds is 5. The predicted molar refractivity (Wildman–Crippen MR) is 71.0 cm³/mol. The third kappa shape index (κ3) is 4.55. The van der Waals surface area contributed by atoms with Gasteiger partial charge in [-0.15, -0.1) is 0 Å². The highest BCUT2D eigenvalue weighted by molar-refractivity contribution is 5.88.